The molecule has 0 amide bonds. The fourth-order valence-corrected chi connectivity index (χ4v) is 2.33. The molecule has 19 heavy (non-hydrogen) atoms. The second kappa shape index (κ2) is 4.94. The number of hydrogen-bond donors (Lipinski definition) is 2. The molecule has 3 nitrogen and oxygen atoms in total. The Morgan fingerprint density at radius 2 is 1.84 bits per heavy atom. The number of halogens is 1. The number of nitrogens with zero attached hydrogens (tertiary/aromatic N) is 1. The molecule has 0 aliphatic rings. The van der Waals surface area contributed by atoms with E-state index in [2.05, 4.69) is 9.97 Å². The van der Waals surface area contributed by atoms with Crippen LogP contribution in [0.15, 0.2) is 42.5 Å². The molecular weight excluding hydrogens is 258 g/mol. The van der Waals surface area contributed by atoms with Crippen molar-refractivity contribution < 1.29 is 0 Å². The molecule has 0 fully saturated rings. The van der Waals surface area contributed by atoms with Gasteiger partial charge in [-0.15, -0.1) is 0 Å². The zero-order valence-corrected chi connectivity index (χ0v) is 11.1. The molecule has 0 aliphatic heterocycles. The SMILES string of the molecule is Nc1ccc(CCc2nc3c(Cl)cccc3[nH]2)cc1. The molecule has 96 valence electrons. The quantitative estimate of drug-likeness (QED) is 0.716. The van der Waals surface area contributed by atoms with Gasteiger partial charge in [-0.2, -0.15) is 0 Å². The first-order valence-electron chi connectivity index (χ1n) is 6.20. The second-order valence-corrected chi connectivity index (χ2v) is 4.97. The van der Waals surface area contributed by atoms with Crippen LogP contribution in [0.25, 0.3) is 11.0 Å². The monoisotopic (exact) mass is 271 g/mol. The van der Waals surface area contributed by atoms with E-state index >= 15 is 0 Å². The van der Waals surface area contributed by atoms with Gasteiger partial charge in [0.1, 0.15) is 11.3 Å². The van der Waals surface area contributed by atoms with Gasteiger partial charge in [0.2, 0.25) is 0 Å². The third kappa shape index (κ3) is 2.56. The summed E-state index contributed by atoms with van der Waals surface area (Å²) in [7, 11) is 0. The van der Waals surface area contributed by atoms with Crippen molar-refractivity contribution in [1.29, 1.82) is 0 Å². The van der Waals surface area contributed by atoms with Crippen molar-refractivity contribution in [2.24, 2.45) is 0 Å². The van der Waals surface area contributed by atoms with Crippen molar-refractivity contribution >= 4 is 28.3 Å². The number of H-pyrrole nitrogens is 1. The molecule has 1 aromatic heterocycles. The van der Waals surface area contributed by atoms with Crippen LogP contribution in [0.4, 0.5) is 5.69 Å². The molecule has 2 aromatic carbocycles. The highest BCUT2D eigenvalue weighted by atomic mass is 35.5. The first-order chi connectivity index (χ1) is 9.22. The van der Waals surface area contributed by atoms with Crippen LogP contribution in [-0.4, -0.2) is 9.97 Å². The summed E-state index contributed by atoms with van der Waals surface area (Å²) in [6.07, 6.45) is 1.78. The first-order valence-corrected chi connectivity index (χ1v) is 6.58. The number of anilines is 1. The Morgan fingerprint density at radius 3 is 2.58 bits per heavy atom. The number of aryl methyl sites for hydroxylation is 2. The molecule has 0 saturated heterocycles. The topological polar surface area (TPSA) is 54.7 Å². The van der Waals surface area contributed by atoms with E-state index in [0.717, 1.165) is 35.4 Å². The summed E-state index contributed by atoms with van der Waals surface area (Å²) < 4.78 is 0. The van der Waals surface area contributed by atoms with E-state index in [1.807, 2.05) is 42.5 Å². The predicted molar refractivity (Wildman–Crippen MR) is 79.4 cm³/mol. The van der Waals surface area contributed by atoms with Crippen molar-refractivity contribution in [3.05, 3.63) is 58.9 Å². The fraction of sp³-hybridized carbons (Fsp3) is 0.133. The number of fused-ring (bicyclic) bond motifs is 1. The zero-order valence-electron chi connectivity index (χ0n) is 10.4. The highest BCUT2D eigenvalue weighted by molar-refractivity contribution is 6.34. The predicted octanol–water partition coefficient (Wildman–Crippen LogP) is 3.58. The first kappa shape index (κ1) is 12.1. The molecule has 1 heterocycles. The van der Waals surface area contributed by atoms with Crippen LogP contribution < -0.4 is 5.73 Å². The largest absolute Gasteiger partial charge is 0.399 e. The Bertz CT molecular complexity index is 701. The van der Waals surface area contributed by atoms with E-state index in [1.54, 1.807) is 0 Å². The number of aromatic amines is 1. The number of nitrogens with two attached hydrogens (primary N) is 1. The molecule has 3 aromatic rings. The summed E-state index contributed by atoms with van der Waals surface area (Å²) in [6.45, 7) is 0. The van der Waals surface area contributed by atoms with Crippen molar-refractivity contribution in [3.63, 3.8) is 0 Å². The number of hydrogen-bond acceptors (Lipinski definition) is 2. The molecule has 0 saturated carbocycles. The van der Waals surface area contributed by atoms with Gasteiger partial charge in [0.15, 0.2) is 0 Å². The second-order valence-electron chi connectivity index (χ2n) is 4.56. The highest BCUT2D eigenvalue weighted by Crippen LogP contribution is 2.21. The maximum atomic E-state index is 6.11. The van der Waals surface area contributed by atoms with E-state index in [4.69, 9.17) is 17.3 Å². The van der Waals surface area contributed by atoms with Gasteiger partial charge >= 0.3 is 0 Å². The Hall–Kier alpha value is -2.00. The molecule has 3 N–H and O–H groups in total. The van der Waals surface area contributed by atoms with Crippen LogP contribution >= 0.6 is 11.6 Å². The van der Waals surface area contributed by atoms with Crippen LogP contribution in [0.5, 0.6) is 0 Å². The van der Waals surface area contributed by atoms with Crippen LogP contribution in [0.3, 0.4) is 0 Å². The summed E-state index contributed by atoms with van der Waals surface area (Å²) >= 11 is 6.11. The van der Waals surface area contributed by atoms with Crippen LogP contribution in [0, 0.1) is 0 Å². The van der Waals surface area contributed by atoms with Gasteiger partial charge in [0.25, 0.3) is 0 Å². The summed E-state index contributed by atoms with van der Waals surface area (Å²) in [5, 5.41) is 0.687. The lowest BCUT2D eigenvalue weighted by Crippen LogP contribution is -1.94. The van der Waals surface area contributed by atoms with Crippen molar-refractivity contribution in [2.75, 3.05) is 5.73 Å². The van der Waals surface area contributed by atoms with Gasteiger partial charge in [-0.3, -0.25) is 0 Å². The lowest BCUT2D eigenvalue weighted by molar-refractivity contribution is 0.890. The summed E-state index contributed by atoms with van der Waals surface area (Å²) in [5.41, 5.74) is 9.54. The Morgan fingerprint density at radius 1 is 1.05 bits per heavy atom. The van der Waals surface area contributed by atoms with Gasteiger partial charge in [0, 0.05) is 12.1 Å². The van der Waals surface area contributed by atoms with Gasteiger partial charge in [-0.1, -0.05) is 29.8 Å². The number of benzene rings is 2. The van der Waals surface area contributed by atoms with Crippen LogP contribution in [0.2, 0.25) is 5.02 Å². The normalized spacial score (nSPS) is 11.0. The number of rotatable bonds is 3. The van der Waals surface area contributed by atoms with Gasteiger partial charge < -0.3 is 10.7 Å². The Labute approximate surface area is 116 Å². The van der Waals surface area contributed by atoms with E-state index < -0.39 is 0 Å². The van der Waals surface area contributed by atoms with Crippen molar-refractivity contribution in [2.45, 2.75) is 12.8 Å². The van der Waals surface area contributed by atoms with E-state index in [-0.39, 0.29) is 0 Å². The molecule has 0 spiro atoms. The number of imidazole rings is 1. The minimum absolute atomic E-state index is 0.687. The number of aromatic nitrogens is 2. The highest BCUT2D eigenvalue weighted by Gasteiger charge is 2.05. The van der Waals surface area contributed by atoms with E-state index in [9.17, 15) is 0 Å². The third-order valence-electron chi connectivity index (χ3n) is 3.14. The average Bonchev–Trinajstić information content (AvgIpc) is 2.83. The third-order valence-corrected chi connectivity index (χ3v) is 3.45. The summed E-state index contributed by atoms with van der Waals surface area (Å²) in [6, 6.07) is 13.7. The van der Waals surface area contributed by atoms with Gasteiger partial charge in [-0.25, -0.2) is 4.98 Å². The molecule has 4 heteroatoms. The fourth-order valence-electron chi connectivity index (χ4n) is 2.11. The molecule has 0 atom stereocenters. The molecule has 3 rings (SSSR count). The smallest absolute Gasteiger partial charge is 0.107 e. The van der Waals surface area contributed by atoms with Crippen molar-refractivity contribution in [3.8, 4) is 0 Å². The lowest BCUT2D eigenvalue weighted by atomic mass is 10.1. The van der Waals surface area contributed by atoms with Crippen LogP contribution in [-0.2, 0) is 12.8 Å². The lowest BCUT2D eigenvalue weighted by Gasteiger charge is -1.99. The van der Waals surface area contributed by atoms with Gasteiger partial charge in [-0.05, 0) is 36.2 Å². The number of para-hydroxylation sites is 1. The maximum absolute atomic E-state index is 6.11. The molecule has 0 unspecified atom stereocenters. The van der Waals surface area contributed by atoms with Gasteiger partial charge in [0.05, 0.1) is 10.5 Å². The van der Waals surface area contributed by atoms with E-state index in [0.29, 0.717) is 5.02 Å². The Balaban J connectivity index is 1.78. The minimum atomic E-state index is 0.687. The maximum Gasteiger partial charge on any atom is 0.107 e. The minimum Gasteiger partial charge on any atom is -0.399 e. The number of nitrogen functional groups attached to an aromatic ring is 1. The number of nitrogens with one attached hydrogen (secondary N) is 1. The van der Waals surface area contributed by atoms with Crippen molar-refractivity contribution in [1.82, 2.24) is 9.97 Å². The molecule has 0 radical (unpaired) electrons. The Kier molecular flexibility index (Phi) is 3.13. The summed E-state index contributed by atoms with van der Waals surface area (Å²) in [5.74, 6) is 0.958. The standard InChI is InChI=1S/C15H14ClN3/c16-12-2-1-3-13-15(12)19-14(18-13)9-6-10-4-7-11(17)8-5-10/h1-5,7-8H,6,9,17H2,(H,18,19). The molecule has 0 aliphatic carbocycles. The van der Waals surface area contributed by atoms with Crippen LogP contribution in [0.1, 0.15) is 11.4 Å². The summed E-state index contributed by atoms with van der Waals surface area (Å²) in [4.78, 5) is 7.83. The molecule has 0 bridgehead atoms. The van der Waals surface area contributed by atoms with E-state index in [1.165, 1.54) is 5.56 Å². The molecular formula is C15H14ClN3. The average molecular weight is 272 g/mol. The zero-order chi connectivity index (χ0) is 13.2.